The van der Waals surface area contributed by atoms with Gasteiger partial charge < -0.3 is 4.98 Å². The van der Waals surface area contributed by atoms with Crippen molar-refractivity contribution < 1.29 is 0 Å². The molecule has 2 rings (SSSR count). The summed E-state index contributed by atoms with van der Waals surface area (Å²) in [5.41, 5.74) is 5.11. The third kappa shape index (κ3) is 2.24. The second-order valence-corrected chi connectivity index (χ2v) is 4.61. The molecule has 0 fully saturated rings. The Morgan fingerprint density at radius 2 is 1.82 bits per heavy atom. The summed E-state index contributed by atoms with van der Waals surface area (Å²) < 4.78 is 0. The molecule has 2 nitrogen and oxygen atoms in total. The first-order chi connectivity index (χ1) is 8.11. The molecule has 0 radical (unpaired) electrons. The number of nitrogens with one attached hydrogen (secondary N) is 1. The Morgan fingerprint density at radius 3 is 2.29 bits per heavy atom. The molecule has 86 valence electrons. The zero-order valence-corrected chi connectivity index (χ0v) is 10.4. The van der Waals surface area contributed by atoms with E-state index in [0.717, 1.165) is 17.0 Å². The lowest BCUT2D eigenvalue weighted by Crippen LogP contribution is -1.86. The summed E-state index contributed by atoms with van der Waals surface area (Å²) in [6.45, 7) is 6.29. The number of benzene rings is 1. The van der Waals surface area contributed by atoms with E-state index in [9.17, 15) is 0 Å². The fraction of sp³-hybridized carbons (Fsp3) is 0.267. The van der Waals surface area contributed by atoms with Crippen LogP contribution in [0.25, 0.3) is 11.3 Å². The van der Waals surface area contributed by atoms with Crippen LogP contribution in [0.15, 0.2) is 30.3 Å². The molecule has 0 saturated carbocycles. The predicted molar refractivity (Wildman–Crippen MR) is 69.8 cm³/mol. The fourth-order valence-corrected chi connectivity index (χ4v) is 1.88. The summed E-state index contributed by atoms with van der Waals surface area (Å²) in [6, 6.07) is 12.6. The zero-order valence-electron chi connectivity index (χ0n) is 10.4. The number of nitriles is 1. The molecule has 0 unspecified atom stereocenters. The number of aromatic amines is 1. The van der Waals surface area contributed by atoms with Crippen LogP contribution in [0.3, 0.4) is 0 Å². The van der Waals surface area contributed by atoms with Gasteiger partial charge in [0.1, 0.15) is 6.07 Å². The van der Waals surface area contributed by atoms with Gasteiger partial charge in [-0.1, -0.05) is 38.1 Å². The normalized spacial score (nSPS) is 10.5. The minimum Gasteiger partial charge on any atom is -0.358 e. The molecule has 2 heteroatoms. The van der Waals surface area contributed by atoms with Gasteiger partial charge in [0, 0.05) is 11.4 Å². The molecule has 0 aliphatic rings. The SMILES string of the molecule is Cc1[nH]c(-c2ccc(C(C)C)cc2)cc1C#N. The topological polar surface area (TPSA) is 39.6 Å². The Hall–Kier alpha value is -2.01. The van der Waals surface area contributed by atoms with Crippen LogP contribution >= 0.6 is 0 Å². The molecule has 0 bridgehead atoms. The first kappa shape index (κ1) is 11.5. The van der Waals surface area contributed by atoms with E-state index in [0.29, 0.717) is 11.5 Å². The average molecular weight is 224 g/mol. The van der Waals surface area contributed by atoms with Gasteiger partial charge >= 0.3 is 0 Å². The van der Waals surface area contributed by atoms with Gasteiger partial charge in [0.2, 0.25) is 0 Å². The molecule has 2 aromatic rings. The number of rotatable bonds is 2. The Balaban J connectivity index is 2.37. The number of hydrogen-bond acceptors (Lipinski definition) is 1. The van der Waals surface area contributed by atoms with E-state index >= 15 is 0 Å². The molecule has 1 N–H and O–H groups in total. The maximum absolute atomic E-state index is 8.93. The third-order valence-corrected chi connectivity index (χ3v) is 3.02. The van der Waals surface area contributed by atoms with Crippen LogP contribution in [0, 0.1) is 18.3 Å². The second-order valence-electron chi connectivity index (χ2n) is 4.61. The van der Waals surface area contributed by atoms with Crippen LogP contribution in [-0.2, 0) is 0 Å². The Labute approximate surface area is 102 Å². The molecule has 0 aliphatic carbocycles. The predicted octanol–water partition coefficient (Wildman–Crippen LogP) is 3.99. The lowest BCUT2D eigenvalue weighted by Gasteiger charge is -2.05. The number of aromatic nitrogens is 1. The fourth-order valence-electron chi connectivity index (χ4n) is 1.88. The van der Waals surface area contributed by atoms with E-state index in [1.807, 2.05) is 13.0 Å². The lowest BCUT2D eigenvalue weighted by molar-refractivity contribution is 0.867. The van der Waals surface area contributed by atoms with Crippen LogP contribution < -0.4 is 0 Å². The first-order valence-corrected chi connectivity index (χ1v) is 5.82. The largest absolute Gasteiger partial charge is 0.358 e. The Morgan fingerprint density at radius 1 is 1.18 bits per heavy atom. The number of hydrogen-bond donors (Lipinski definition) is 1. The van der Waals surface area contributed by atoms with Gasteiger partial charge in [0.15, 0.2) is 0 Å². The molecule has 1 aromatic carbocycles. The van der Waals surface area contributed by atoms with E-state index in [1.165, 1.54) is 5.56 Å². The lowest BCUT2D eigenvalue weighted by atomic mass is 10.0. The number of H-pyrrole nitrogens is 1. The molecule has 1 heterocycles. The van der Waals surface area contributed by atoms with Crippen LogP contribution in [0.4, 0.5) is 0 Å². The summed E-state index contributed by atoms with van der Waals surface area (Å²) >= 11 is 0. The highest BCUT2D eigenvalue weighted by atomic mass is 14.7. The van der Waals surface area contributed by atoms with Crippen molar-refractivity contribution >= 4 is 0 Å². The van der Waals surface area contributed by atoms with Crippen molar-refractivity contribution in [3.8, 4) is 17.3 Å². The highest BCUT2D eigenvalue weighted by Crippen LogP contribution is 2.23. The van der Waals surface area contributed by atoms with Gasteiger partial charge in [0.05, 0.1) is 5.56 Å². The van der Waals surface area contributed by atoms with E-state index in [2.05, 4.69) is 49.2 Å². The standard InChI is InChI=1S/C15H16N2/c1-10(2)12-4-6-13(7-5-12)15-8-14(9-16)11(3)17-15/h4-8,10,17H,1-3H3. The van der Waals surface area contributed by atoms with E-state index < -0.39 is 0 Å². The smallest absolute Gasteiger partial charge is 0.101 e. The average Bonchev–Trinajstić information content (AvgIpc) is 2.70. The summed E-state index contributed by atoms with van der Waals surface area (Å²) in [4.78, 5) is 3.24. The third-order valence-electron chi connectivity index (χ3n) is 3.02. The molecule has 0 amide bonds. The molecule has 17 heavy (non-hydrogen) atoms. The highest BCUT2D eigenvalue weighted by molar-refractivity contribution is 5.63. The molecular weight excluding hydrogens is 208 g/mol. The van der Waals surface area contributed by atoms with Crippen molar-refractivity contribution in [2.24, 2.45) is 0 Å². The second kappa shape index (κ2) is 4.47. The molecule has 1 aromatic heterocycles. The maximum atomic E-state index is 8.93. The Kier molecular flexibility index (Phi) is 3.01. The quantitative estimate of drug-likeness (QED) is 0.823. The minimum absolute atomic E-state index is 0.545. The van der Waals surface area contributed by atoms with Gasteiger partial charge in [-0.25, -0.2) is 0 Å². The van der Waals surface area contributed by atoms with Crippen molar-refractivity contribution in [2.45, 2.75) is 26.7 Å². The van der Waals surface area contributed by atoms with E-state index in [1.54, 1.807) is 0 Å². The molecular formula is C15H16N2. The Bertz CT molecular complexity index is 554. The van der Waals surface area contributed by atoms with Gasteiger partial charge in [-0.2, -0.15) is 5.26 Å². The summed E-state index contributed by atoms with van der Waals surface area (Å²) in [5, 5.41) is 8.93. The molecule has 0 saturated heterocycles. The van der Waals surface area contributed by atoms with Crippen molar-refractivity contribution in [1.82, 2.24) is 4.98 Å². The van der Waals surface area contributed by atoms with Crippen molar-refractivity contribution in [2.75, 3.05) is 0 Å². The van der Waals surface area contributed by atoms with Gasteiger partial charge in [0.25, 0.3) is 0 Å². The van der Waals surface area contributed by atoms with Gasteiger partial charge in [-0.15, -0.1) is 0 Å². The van der Waals surface area contributed by atoms with Crippen LogP contribution in [0.5, 0.6) is 0 Å². The first-order valence-electron chi connectivity index (χ1n) is 5.82. The monoisotopic (exact) mass is 224 g/mol. The number of nitrogens with zero attached hydrogens (tertiary/aromatic N) is 1. The van der Waals surface area contributed by atoms with E-state index in [4.69, 9.17) is 5.26 Å². The highest BCUT2D eigenvalue weighted by Gasteiger charge is 2.06. The van der Waals surface area contributed by atoms with Gasteiger partial charge in [-0.3, -0.25) is 0 Å². The molecule has 0 atom stereocenters. The minimum atomic E-state index is 0.545. The zero-order chi connectivity index (χ0) is 12.4. The summed E-state index contributed by atoms with van der Waals surface area (Å²) in [6.07, 6.45) is 0. The number of aryl methyl sites for hydroxylation is 1. The van der Waals surface area contributed by atoms with Crippen LogP contribution in [-0.4, -0.2) is 4.98 Å². The van der Waals surface area contributed by atoms with Crippen LogP contribution in [0.2, 0.25) is 0 Å². The molecule has 0 aliphatic heterocycles. The van der Waals surface area contributed by atoms with Gasteiger partial charge in [-0.05, 0) is 30.0 Å². The van der Waals surface area contributed by atoms with Crippen molar-refractivity contribution in [3.63, 3.8) is 0 Å². The molecule has 0 spiro atoms. The maximum Gasteiger partial charge on any atom is 0.101 e. The van der Waals surface area contributed by atoms with E-state index in [-0.39, 0.29) is 0 Å². The summed E-state index contributed by atoms with van der Waals surface area (Å²) in [5.74, 6) is 0.545. The van der Waals surface area contributed by atoms with Crippen LogP contribution in [0.1, 0.15) is 36.6 Å². The van der Waals surface area contributed by atoms with Crippen molar-refractivity contribution in [1.29, 1.82) is 5.26 Å². The van der Waals surface area contributed by atoms with Crippen molar-refractivity contribution in [3.05, 3.63) is 47.2 Å². The summed E-state index contributed by atoms with van der Waals surface area (Å²) in [7, 11) is 0.